The first-order chi connectivity index (χ1) is 11.2. The zero-order valence-corrected chi connectivity index (χ0v) is 14.8. The van der Waals surface area contributed by atoms with Crippen molar-refractivity contribution in [3.63, 3.8) is 0 Å². The molecule has 4 nitrogen and oxygen atoms in total. The molecule has 0 N–H and O–H groups in total. The van der Waals surface area contributed by atoms with E-state index in [0.29, 0.717) is 35.5 Å². The Morgan fingerprint density at radius 2 is 1.65 bits per heavy atom. The zero-order valence-electron chi connectivity index (χ0n) is 14.0. The zero-order chi connectivity index (χ0) is 16.7. The molecular formula is C18H24ClNO3. The highest BCUT2D eigenvalue weighted by atomic mass is 35.5. The van der Waals surface area contributed by atoms with Gasteiger partial charge in [0.1, 0.15) is 11.5 Å². The molecule has 126 valence electrons. The molecule has 23 heavy (non-hydrogen) atoms. The molecule has 0 spiro atoms. The van der Waals surface area contributed by atoms with Crippen LogP contribution in [-0.2, 0) is 0 Å². The van der Waals surface area contributed by atoms with Crippen LogP contribution < -0.4 is 9.47 Å². The normalized spacial score (nSPS) is 10.8. The van der Waals surface area contributed by atoms with Crippen LogP contribution in [-0.4, -0.2) is 18.4 Å². The van der Waals surface area contributed by atoms with Gasteiger partial charge in [-0.3, -0.25) is 0 Å². The minimum atomic E-state index is 0.549. The molecule has 1 aromatic carbocycles. The predicted molar refractivity (Wildman–Crippen MR) is 92.5 cm³/mol. The van der Waals surface area contributed by atoms with Crippen molar-refractivity contribution < 1.29 is 14.0 Å². The molecule has 0 amide bonds. The van der Waals surface area contributed by atoms with Crippen LogP contribution in [0.5, 0.6) is 11.5 Å². The van der Waals surface area contributed by atoms with Gasteiger partial charge < -0.3 is 14.0 Å². The number of nitrogens with zero attached hydrogens (tertiary/aromatic N) is 1. The maximum Gasteiger partial charge on any atom is 0.170 e. The van der Waals surface area contributed by atoms with Gasteiger partial charge >= 0.3 is 0 Å². The van der Waals surface area contributed by atoms with E-state index in [0.717, 1.165) is 36.9 Å². The van der Waals surface area contributed by atoms with Gasteiger partial charge in [0.15, 0.2) is 5.76 Å². The van der Waals surface area contributed by atoms with Gasteiger partial charge in [-0.05, 0) is 25.8 Å². The van der Waals surface area contributed by atoms with E-state index in [-0.39, 0.29) is 0 Å². The average Bonchev–Trinajstić information content (AvgIpc) is 2.96. The molecule has 5 heteroatoms. The van der Waals surface area contributed by atoms with Crippen molar-refractivity contribution in [1.82, 2.24) is 5.16 Å². The first kappa shape index (κ1) is 17.7. The largest absolute Gasteiger partial charge is 0.493 e. The highest BCUT2D eigenvalue weighted by Crippen LogP contribution is 2.39. The summed E-state index contributed by atoms with van der Waals surface area (Å²) in [4.78, 5) is 0. The third-order valence-corrected chi connectivity index (χ3v) is 3.73. The van der Waals surface area contributed by atoms with E-state index in [1.807, 2.05) is 25.1 Å². The van der Waals surface area contributed by atoms with Gasteiger partial charge in [-0.25, -0.2) is 0 Å². The summed E-state index contributed by atoms with van der Waals surface area (Å²) in [6, 6.07) is 5.54. The van der Waals surface area contributed by atoms with Crippen molar-refractivity contribution in [3.8, 4) is 22.8 Å². The van der Waals surface area contributed by atoms with Crippen LogP contribution in [0.2, 0.25) is 5.02 Å². The molecule has 1 aromatic heterocycles. The van der Waals surface area contributed by atoms with Gasteiger partial charge in [0.05, 0.1) is 29.5 Å². The summed E-state index contributed by atoms with van der Waals surface area (Å²) in [6.45, 7) is 7.43. The van der Waals surface area contributed by atoms with Crippen LogP contribution in [0, 0.1) is 6.92 Å². The van der Waals surface area contributed by atoms with Gasteiger partial charge in [-0.1, -0.05) is 43.4 Å². The van der Waals surface area contributed by atoms with Crippen molar-refractivity contribution in [2.24, 2.45) is 0 Å². The Labute approximate surface area is 142 Å². The number of hydrogen-bond acceptors (Lipinski definition) is 4. The first-order valence-electron chi connectivity index (χ1n) is 8.18. The van der Waals surface area contributed by atoms with Gasteiger partial charge in [0.2, 0.25) is 0 Å². The molecule has 0 aliphatic carbocycles. The lowest BCUT2D eigenvalue weighted by molar-refractivity contribution is 0.294. The number of aryl methyl sites for hydroxylation is 1. The van der Waals surface area contributed by atoms with E-state index in [1.165, 1.54) is 0 Å². The van der Waals surface area contributed by atoms with Gasteiger partial charge in [0.25, 0.3) is 0 Å². The fourth-order valence-corrected chi connectivity index (χ4v) is 2.32. The highest BCUT2D eigenvalue weighted by molar-refractivity contribution is 6.32. The summed E-state index contributed by atoms with van der Waals surface area (Å²) in [7, 11) is 0. The average molecular weight is 338 g/mol. The molecule has 1 heterocycles. The molecule has 0 bridgehead atoms. The standard InChI is InChI=1S/C18H24ClNO3/c1-4-6-8-21-16-12-18(22-9-7-5-2)15(19)11-14(16)17-10-13(3)20-23-17/h10-12H,4-9H2,1-3H3. The van der Waals surface area contributed by atoms with E-state index in [1.54, 1.807) is 0 Å². The summed E-state index contributed by atoms with van der Waals surface area (Å²) in [5.41, 5.74) is 1.62. The lowest BCUT2D eigenvalue weighted by Crippen LogP contribution is -2.01. The highest BCUT2D eigenvalue weighted by Gasteiger charge is 2.16. The SMILES string of the molecule is CCCCOc1cc(OCCCC)c(-c2cc(C)no2)cc1Cl. The minimum Gasteiger partial charge on any atom is -0.493 e. The first-order valence-corrected chi connectivity index (χ1v) is 8.56. The van der Waals surface area contributed by atoms with Crippen LogP contribution in [0.4, 0.5) is 0 Å². The van der Waals surface area contributed by atoms with Crippen molar-refractivity contribution in [2.75, 3.05) is 13.2 Å². The minimum absolute atomic E-state index is 0.549. The lowest BCUT2D eigenvalue weighted by Gasteiger charge is -2.14. The van der Waals surface area contributed by atoms with E-state index >= 15 is 0 Å². The van der Waals surface area contributed by atoms with Crippen molar-refractivity contribution in [1.29, 1.82) is 0 Å². The summed E-state index contributed by atoms with van der Waals surface area (Å²) in [6.07, 6.45) is 4.13. The molecule has 0 aliphatic heterocycles. The second-order valence-corrected chi connectivity index (χ2v) is 5.92. The molecule has 0 radical (unpaired) electrons. The van der Waals surface area contributed by atoms with Gasteiger partial charge in [-0.2, -0.15) is 0 Å². The molecule has 2 aromatic rings. The maximum absolute atomic E-state index is 6.36. The maximum atomic E-state index is 6.36. The number of unbranched alkanes of at least 4 members (excludes halogenated alkanes) is 2. The summed E-state index contributed by atoms with van der Waals surface area (Å²) >= 11 is 6.36. The van der Waals surface area contributed by atoms with Crippen LogP contribution in [0.3, 0.4) is 0 Å². The molecule has 2 rings (SSSR count). The van der Waals surface area contributed by atoms with E-state index in [9.17, 15) is 0 Å². The number of ether oxygens (including phenoxy) is 2. The van der Waals surface area contributed by atoms with Crippen molar-refractivity contribution in [2.45, 2.75) is 46.5 Å². The number of halogens is 1. The quantitative estimate of drug-likeness (QED) is 0.554. The molecule has 0 fully saturated rings. The molecule has 0 saturated carbocycles. The Morgan fingerprint density at radius 1 is 1.00 bits per heavy atom. The molecule has 0 unspecified atom stereocenters. The third-order valence-electron chi connectivity index (χ3n) is 3.44. The third kappa shape index (κ3) is 4.90. The number of aromatic nitrogens is 1. The Kier molecular flexibility index (Phi) is 6.78. The molecule has 0 aliphatic rings. The van der Waals surface area contributed by atoms with E-state index in [4.69, 9.17) is 25.6 Å². The van der Waals surface area contributed by atoms with Gasteiger partial charge in [-0.15, -0.1) is 0 Å². The topological polar surface area (TPSA) is 44.5 Å². The fraction of sp³-hybridized carbons (Fsp3) is 0.500. The number of hydrogen-bond donors (Lipinski definition) is 0. The molecular weight excluding hydrogens is 314 g/mol. The summed E-state index contributed by atoms with van der Waals surface area (Å²) in [5, 5.41) is 4.49. The van der Waals surface area contributed by atoms with Crippen LogP contribution in [0.15, 0.2) is 22.7 Å². The van der Waals surface area contributed by atoms with Crippen molar-refractivity contribution >= 4 is 11.6 Å². The Balaban J connectivity index is 2.29. The smallest absolute Gasteiger partial charge is 0.170 e. The molecule has 0 saturated heterocycles. The van der Waals surface area contributed by atoms with Crippen LogP contribution in [0.25, 0.3) is 11.3 Å². The van der Waals surface area contributed by atoms with E-state index in [2.05, 4.69) is 19.0 Å². The second kappa shape index (κ2) is 8.82. The predicted octanol–water partition coefficient (Wildman–Crippen LogP) is 5.66. The summed E-state index contributed by atoms with van der Waals surface area (Å²) < 4.78 is 17.0. The van der Waals surface area contributed by atoms with Gasteiger partial charge in [0, 0.05) is 12.1 Å². The van der Waals surface area contributed by atoms with Crippen molar-refractivity contribution in [3.05, 3.63) is 28.9 Å². The monoisotopic (exact) mass is 337 g/mol. The fourth-order valence-electron chi connectivity index (χ4n) is 2.10. The Hall–Kier alpha value is -1.68. The lowest BCUT2D eigenvalue weighted by atomic mass is 10.1. The summed E-state index contributed by atoms with van der Waals surface area (Å²) in [5.74, 6) is 2.01. The van der Waals surface area contributed by atoms with E-state index < -0.39 is 0 Å². The Morgan fingerprint density at radius 3 is 2.22 bits per heavy atom. The van der Waals surface area contributed by atoms with Crippen LogP contribution >= 0.6 is 11.6 Å². The van der Waals surface area contributed by atoms with Crippen LogP contribution in [0.1, 0.15) is 45.2 Å². The number of rotatable bonds is 9. The second-order valence-electron chi connectivity index (χ2n) is 5.52. The number of benzene rings is 1. The Bertz CT molecular complexity index is 625. The molecule has 0 atom stereocenters.